The molecule has 0 amide bonds. The number of ether oxygens (including phenoxy) is 1. The molecule has 4 nitrogen and oxygen atoms in total. The molecule has 0 aromatic heterocycles. The predicted molar refractivity (Wildman–Crippen MR) is 76.1 cm³/mol. The molecule has 0 radical (unpaired) electrons. The first kappa shape index (κ1) is 13.4. The molecule has 0 aliphatic carbocycles. The maximum atomic E-state index is 11.4. The van der Waals surface area contributed by atoms with Crippen molar-refractivity contribution in [2.24, 2.45) is 0 Å². The molecule has 1 fully saturated rings. The quantitative estimate of drug-likeness (QED) is 0.920. The topological polar surface area (TPSA) is 49.8 Å². The van der Waals surface area contributed by atoms with Gasteiger partial charge >= 0.3 is 5.97 Å². The van der Waals surface area contributed by atoms with Crippen molar-refractivity contribution in [2.45, 2.75) is 37.6 Å². The summed E-state index contributed by atoms with van der Waals surface area (Å²) in [6, 6.07) is 7.83. The molecule has 0 saturated carbocycles. The van der Waals surface area contributed by atoms with Crippen LogP contribution < -0.4 is 4.74 Å². The van der Waals surface area contributed by atoms with Crippen molar-refractivity contribution in [1.82, 2.24) is 4.90 Å². The van der Waals surface area contributed by atoms with Crippen LogP contribution in [0.4, 0.5) is 0 Å². The molecule has 2 heterocycles. The van der Waals surface area contributed by atoms with Gasteiger partial charge in [0.1, 0.15) is 11.8 Å². The predicted octanol–water partition coefficient (Wildman–Crippen LogP) is 2.49. The SMILES string of the molecule is O=C(O)C1CCCCN1CC1CCOc2ccccc21. The third kappa shape index (κ3) is 2.66. The third-order valence-electron chi connectivity index (χ3n) is 4.44. The van der Waals surface area contributed by atoms with Gasteiger partial charge in [0.15, 0.2) is 0 Å². The van der Waals surface area contributed by atoms with Crippen LogP contribution >= 0.6 is 0 Å². The molecule has 1 N–H and O–H groups in total. The van der Waals surface area contributed by atoms with Gasteiger partial charge in [-0.15, -0.1) is 0 Å². The Morgan fingerprint density at radius 3 is 3.00 bits per heavy atom. The minimum Gasteiger partial charge on any atom is -0.493 e. The van der Waals surface area contributed by atoms with E-state index in [1.165, 1.54) is 5.56 Å². The first-order chi connectivity index (χ1) is 9.75. The largest absolute Gasteiger partial charge is 0.493 e. The van der Waals surface area contributed by atoms with Crippen molar-refractivity contribution in [1.29, 1.82) is 0 Å². The molecule has 2 unspecified atom stereocenters. The molecule has 2 aliphatic rings. The number of carbonyl (C=O) groups is 1. The fraction of sp³-hybridized carbons (Fsp3) is 0.562. The summed E-state index contributed by atoms with van der Waals surface area (Å²) in [6.07, 6.45) is 3.88. The fourth-order valence-electron chi connectivity index (χ4n) is 3.38. The zero-order valence-electron chi connectivity index (χ0n) is 11.6. The van der Waals surface area contributed by atoms with Crippen molar-refractivity contribution in [3.63, 3.8) is 0 Å². The number of rotatable bonds is 3. The maximum Gasteiger partial charge on any atom is 0.320 e. The lowest BCUT2D eigenvalue weighted by atomic mass is 9.91. The van der Waals surface area contributed by atoms with E-state index in [0.717, 1.165) is 51.1 Å². The highest BCUT2D eigenvalue weighted by Crippen LogP contribution is 2.35. The Morgan fingerprint density at radius 2 is 2.15 bits per heavy atom. The van der Waals surface area contributed by atoms with E-state index in [4.69, 9.17) is 4.74 Å². The highest BCUT2D eigenvalue weighted by Gasteiger charge is 2.31. The highest BCUT2D eigenvalue weighted by atomic mass is 16.5. The van der Waals surface area contributed by atoms with Gasteiger partial charge in [0.05, 0.1) is 6.61 Å². The number of nitrogens with zero attached hydrogens (tertiary/aromatic N) is 1. The van der Waals surface area contributed by atoms with Crippen LogP contribution in [0.3, 0.4) is 0 Å². The number of hydrogen-bond donors (Lipinski definition) is 1. The van der Waals surface area contributed by atoms with Gasteiger partial charge in [-0.25, -0.2) is 0 Å². The van der Waals surface area contributed by atoms with Gasteiger partial charge in [0.2, 0.25) is 0 Å². The van der Waals surface area contributed by atoms with E-state index in [2.05, 4.69) is 11.0 Å². The zero-order chi connectivity index (χ0) is 13.9. The van der Waals surface area contributed by atoms with Crippen molar-refractivity contribution in [3.8, 4) is 5.75 Å². The van der Waals surface area contributed by atoms with E-state index in [1.807, 2.05) is 18.2 Å². The second kappa shape index (κ2) is 5.83. The Labute approximate surface area is 119 Å². The molecule has 4 heteroatoms. The molecular weight excluding hydrogens is 254 g/mol. The van der Waals surface area contributed by atoms with E-state index < -0.39 is 5.97 Å². The standard InChI is InChI=1S/C16H21NO3/c18-16(19)14-6-3-4-9-17(14)11-12-8-10-20-15-7-2-1-5-13(12)15/h1-2,5,7,12,14H,3-4,6,8-11H2,(H,18,19). The van der Waals surface area contributed by atoms with Crippen LogP contribution in [0, 0.1) is 0 Å². The van der Waals surface area contributed by atoms with E-state index >= 15 is 0 Å². The minimum atomic E-state index is -0.676. The summed E-state index contributed by atoms with van der Waals surface area (Å²) < 4.78 is 5.68. The molecule has 20 heavy (non-hydrogen) atoms. The first-order valence-electron chi connectivity index (χ1n) is 7.44. The van der Waals surface area contributed by atoms with Crippen molar-refractivity contribution < 1.29 is 14.6 Å². The normalized spacial score (nSPS) is 26.6. The van der Waals surface area contributed by atoms with E-state index in [9.17, 15) is 9.90 Å². The second-order valence-corrected chi connectivity index (χ2v) is 5.72. The Kier molecular flexibility index (Phi) is 3.92. The van der Waals surface area contributed by atoms with Crippen LogP contribution in [0.2, 0.25) is 0 Å². The summed E-state index contributed by atoms with van der Waals surface area (Å²) >= 11 is 0. The summed E-state index contributed by atoms with van der Waals surface area (Å²) in [7, 11) is 0. The van der Waals surface area contributed by atoms with Crippen LogP contribution in [0.25, 0.3) is 0 Å². The number of carboxylic acids is 1. The van der Waals surface area contributed by atoms with Crippen molar-refractivity contribution in [2.75, 3.05) is 19.7 Å². The fourth-order valence-corrected chi connectivity index (χ4v) is 3.38. The Balaban J connectivity index is 1.76. The average Bonchev–Trinajstić information content (AvgIpc) is 2.48. The lowest BCUT2D eigenvalue weighted by Crippen LogP contribution is -2.46. The van der Waals surface area contributed by atoms with E-state index in [-0.39, 0.29) is 6.04 Å². The molecule has 2 atom stereocenters. The van der Waals surface area contributed by atoms with E-state index in [0.29, 0.717) is 5.92 Å². The number of hydrogen-bond acceptors (Lipinski definition) is 3. The summed E-state index contributed by atoms with van der Waals surface area (Å²) in [5, 5.41) is 9.37. The van der Waals surface area contributed by atoms with Crippen molar-refractivity contribution in [3.05, 3.63) is 29.8 Å². The van der Waals surface area contributed by atoms with Crippen molar-refractivity contribution >= 4 is 5.97 Å². The van der Waals surface area contributed by atoms with Crippen LogP contribution in [-0.4, -0.2) is 41.7 Å². The number of aliphatic carboxylic acids is 1. The van der Waals surface area contributed by atoms with Crippen LogP contribution in [-0.2, 0) is 4.79 Å². The average molecular weight is 275 g/mol. The number of benzene rings is 1. The highest BCUT2D eigenvalue weighted by molar-refractivity contribution is 5.73. The molecule has 1 saturated heterocycles. The molecule has 3 rings (SSSR count). The van der Waals surface area contributed by atoms with Gasteiger partial charge < -0.3 is 9.84 Å². The van der Waals surface area contributed by atoms with E-state index in [1.54, 1.807) is 0 Å². The summed E-state index contributed by atoms with van der Waals surface area (Å²) in [5.74, 6) is 0.678. The van der Waals surface area contributed by atoms with Gasteiger partial charge in [-0.2, -0.15) is 0 Å². The van der Waals surface area contributed by atoms with Gasteiger partial charge in [0.25, 0.3) is 0 Å². The Morgan fingerprint density at radius 1 is 1.30 bits per heavy atom. The molecular formula is C16H21NO3. The monoisotopic (exact) mass is 275 g/mol. The smallest absolute Gasteiger partial charge is 0.320 e. The first-order valence-corrected chi connectivity index (χ1v) is 7.44. The number of likely N-dealkylation sites (tertiary alicyclic amines) is 1. The minimum absolute atomic E-state index is 0.307. The van der Waals surface area contributed by atoms with Gasteiger partial charge in [-0.1, -0.05) is 24.6 Å². The zero-order valence-corrected chi connectivity index (χ0v) is 11.6. The molecule has 108 valence electrons. The second-order valence-electron chi connectivity index (χ2n) is 5.72. The number of piperidine rings is 1. The Bertz CT molecular complexity index is 488. The molecule has 2 aliphatic heterocycles. The van der Waals surface area contributed by atoms with Crippen LogP contribution in [0.1, 0.15) is 37.2 Å². The van der Waals surface area contributed by atoms with Gasteiger partial charge in [0, 0.05) is 12.5 Å². The number of fused-ring (bicyclic) bond motifs is 1. The molecule has 0 spiro atoms. The molecule has 1 aromatic carbocycles. The summed E-state index contributed by atoms with van der Waals surface area (Å²) in [6.45, 7) is 2.46. The third-order valence-corrected chi connectivity index (χ3v) is 4.44. The lowest BCUT2D eigenvalue weighted by Gasteiger charge is -2.37. The molecule has 1 aromatic rings. The van der Waals surface area contributed by atoms with Gasteiger partial charge in [-0.05, 0) is 37.4 Å². The maximum absolute atomic E-state index is 11.4. The summed E-state index contributed by atoms with van der Waals surface area (Å²) in [4.78, 5) is 13.5. The number of carboxylic acid groups (broad SMARTS) is 1. The van der Waals surface area contributed by atoms with Crippen LogP contribution in [0.5, 0.6) is 5.75 Å². The molecule has 0 bridgehead atoms. The lowest BCUT2D eigenvalue weighted by molar-refractivity contribution is -0.144. The number of para-hydroxylation sites is 1. The Hall–Kier alpha value is -1.55. The van der Waals surface area contributed by atoms with Gasteiger partial charge in [-0.3, -0.25) is 9.69 Å². The summed E-state index contributed by atoms with van der Waals surface area (Å²) in [5.41, 5.74) is 1.23. The van der Waals surface area contributed by atoms with Crippen LogP contribution in [0.15, 0.2) is 24.3 Å².